The SMILES string of the molecule is CN1CCC(N(c2cnn(C)c2)S(=O)(=O)/N=C(\[O-])Nc2c3c(cc4c2CCC4)CCC3)CC1. The molecule has 1 aliphatic heterocycles. The van der Waals surface area contributed by atoms with Gasteiger partial charge in [-0.25, -0.2) is 4.31 Å². The third kappa shape index (κ3) is 4.33. The van der Waals surface area contributed by atoms with E-state index in [1.807, 2.05) is 7.05 Å². The van der Waals surface area contributed by atoms with E-state index in [0.717, 1.165) is 68.4 Å². The summed E-state index contributed by atoms with van der Waals surface area (Å²) < 4.78 is 33.5. The highest BCUT2D eigenvalue weighted by Crippen LogP contribution is 2.38. The number of fused-ring (bicyclic) bond motifs is 2. The summed E-state index contributed by atoms with van der Waals surface area (Å²) >= 11 is 0. The molecule has 1 aromatic carbocycles. The summed E-state index contributed by atoms with van der Waals surface area (Å²) in [5.74, 6) is 0. The maximum absolute atomic E-state index is 13.4. The smallest absolute Gasteiger partial charge is 0.345 e. The number of amidine groups is 1. The quantitative estimate of drug-likeness (QED) is 0.522. The van der Waals surface area contributed by atoms with Crippen LogP contribution in [0.5, 0.6) is 0 Å². The lowest BCUT2D eigenvalue weighted by Crippen LogP contribution is -2.47. The van der Waals surface area contributed by atoms with Gasteiger partial charge in [-0.3, -0.25) is 4.68 Å². The summed E-state index contributed by atoms with van der Waals surface area (Å²) in [6.07, 6.45) is 10.4. The molecule has 178 valence electrons. The molecule has 0 spiro atoms. The number of rotatable bonds is 5. The maximum atomic E-state index is 13.4. The molecule has 1 fully saturated rings. The minimum absolute atomic E-state index is 0.267. The fraction of sp³-hybridized carbons (Fsp3) is 0.565. The Kier molecular flexibility index (Phi) is 5.82. The highest BCUT2D eigenvalue weighted by Gasteiger charge is 2.33. The second-order valence-corrected chi connectivity index (χ2v) is 10.9. The number of anilines is 2. The number of likely N-dealkylation sites (tertiary alicyclic amines) is 1. The predicted molar refractivity (Wildman–Crippen MR) is 127 cm³/mol. The Bertz CT molecular complexity index is 1150. The van der Waals surface area contributed by atoms with Gasteiger partial charge in [-0.1, -0.05) is 6.07 Å². The van der Waals surface area contributed by atoms with Crippen LogP contribution in [0, 0.1) is 0 Å². The standard InChI is InChI=1S/C23H32N6O3S/c1-27-11-9-18(10-12-27)29(19-14-24-28(2)15-19)33(31,32)26-23(30)25-22-20-7-3-5-16(20)13-17-6-4-8-21(17)22/h13-15,18H,3-12H2,1-2H3,(H2,25,26,30)/p-1. The van der Waals surface area contributed by atoms with Crippen LogP contribution >= 0.6 is 0 Å². The summed E-state index contributed by atoms with van der Waals surface area (Å²) in [4.78, 5) is 2.17. The Morgan fingerprint density at radius 3 is 2.33 bits per heavy atom. The van der Waals surface area contributed by atoms with Gasteiger partial charge in [-0.05, 0) is 93.8 Å². The van der Waals surface area contributed by atoms with Crippen molar-refractivity contribution in [3.63, 3.8) is 0 Å². The van der Waals surface area contributed by atoms with Crippen LogP contribution in [0.15, 0.2) is 22.9 Å². The van der Waals surface area contributed by atoms with Crippen molar-refractivity contribution in [1.29, 1.82) is 0 Å². The van der Waals surface area contributed by atoms with Crippen molar-refractivity contribution in [2.75, 3.05) is 29.8 Å². The molecule has 0 radical (unpaired) electrons. The van der Waals surface area contributed by atoms with Gasteiger partial charge in [0.05, 0.1) is 17.9 Å². The van der Waals surface area contributed by atoms with Crippen molar-refractivity contribution in [1.82, 2.24) is 14.7 Å². The second-order valence-electron chi connectivity index (χ2n) is 9.44. The molecule has 2 heterocycles. The van der Waals surface area contributed by atoms with E-state index >= 15 is 0 Å². The number of hydrogen-bond donors (Lipinski definition) is 1. The van der Waals surface area contributed by atoms with E-state index in [1.165, 1.54) is 21.6 Å². The van der Waals surface area contributed by atoms with Crippen molar-refractivity contribution in [2.45, 2.75) is 57.4 Å². The average molecular weight is 472 g/mol. The fourth-order valence-electron chi connectivity index (χ4n) is 5.53. The van der Waals surface area contributed by atoms with Crippen molar-refractivity contribution in [3.05, 3.63) is 40.7 Å². The van der Waals surface area contributed by atoms with Crippen molar-refractivity contribution >= 4 is 27.6 Å². The predicted octanol–water partition coefficient (Wildman–Crippen LogP) is 1.37. The average Bonchev–Trinajstić information content (AvgIpc) is 3.50. The van der Waals surface area contributed by atoms with Crippen molar-refractivity contribution in [3.8, 4) is 0 Å². The highest BCUT2D eigenvalue weighted by molar-refractivity contribution is 7.91. The molecular formula is C23H31N6O3S-. The fourth-order valence-corrected chi connectivity index (χ4v) is 6.82. The monoisotopic (exact) mass is 471 g/mol. The zero-order chi connectivity index (χ0) is 23.2. The van der Waals surface area contributed by atoms with Gasteiger partial charge in [-0.15, -0.1) is 4.40 Å². The van der Waals surface area contributed by atoms with Crippen LogP contribution in [0.1, 0.15) is 47.9 Å². The normalized spacial score (nSPS) is 19.5. The number of benzene rings is 1. The highest BCUT2D eigenvalue weighted by atomic mass is 32.2. The van der Waals surface area contributed by atoms with Gasteiger partial charge in [0.1, 0.15) is 0 Å². The summed E-state index contributed by atoms with van der Waals surface area (Å²) in [5, 5.41) is 20.0. The molecule has 0 saturated carbocycles. The van der Waals surface area contributed by atoms with E-state index in [1.54, 1.807) is 17.9 Å². The molecule has 33 heavy (non-hydrogen) atoms. The molecule has 0 amide bonds. The number of hydrogen-bond acceptors (Lipinski definition) is 5. The van der Waals surface area contributed by atoms with Gasteiger partial charge in [0.2, 0.25) is 0 Å². The Morgan fingerprint density at radius 1 is 1.12 bits per heavy atom. The molecule has 1 saturated heterocycles. The zero-order valence-corrected chi connectivity index (χ0v) is 20.1. The minimum atomic E-state index is -4.25. The van der Waals surface area contributed by atoms with Gasteiger partial charge < -0.3 is 15.3 Å². The van der Waals surface area contributed by atoms with Crippen molar-refractivity contribution < 1.29 is 13.5 Å². The molecule has 5 rings (SSSR count). The molecule has 1 N–H and O–H groups in total. The van der Waals surface area contributed by atoms with E-state index in [-0.39, 0.29) is 6.04 Å². The molecule has 1 aromatic heterocycles. The second kappa shape index (κ2) is 8.64. The number of nitrogens with zero attached hydrogens (tertiary/aromatic N) is 5. The van der Waals surface area contributed by atoms with Gasteiger partial charge in [-0.2, -0.15) is 13.5 Å². The largest absolute Gasteiger partial charge is 0.845 e. The first-order chi connectivity index (χ1) is 15.8. The van der Waals surface area contributed by atoms with Gasteiger partial charge in [0, 0.05) is 25.0 Å². The number of nitrogens with one attached hydrogen (secondary N) is 1. The lowest BCUT2D eigenvalue weighted by atomic mass is 9.99. The minimum Gasteiger partial charge on any atom is -0.845 e. The third-order valence-corrected chi connectivity index (χ3v) is 8.52. The zero-order valence-electron chi connectivity index (χ0n) is 19.2. The Labute approximate surface area is 195 Å². The van der Waals surface area contributed by atoms with E-state index in [2.05, 4.69) is 25.8 Å². The molecule has 2 aliphatic carbocycles. The Balaban J connectivity index is 1.47. The molecule has 0 bridgehead atoms. The molecule has 3 aliphatic rings. The van der Waals surface area contributed by atoms with Crippen LogP contribution in [-0.4, -0.2) is 55.3 Å². The van der Waals surface area contributed by atoms with Crippen LogP contribution < -0.4 is 14.7 Å². The topological polar surface area (TPSA) is 106 Å². The van der Waals surface area contributed by atoms with Crippen LogP contribution in [0.3, 0.4) is 0 Å². The van der Waals surface area contributed by atoms with Crippen LogP contribution in [0.4, 0.5) is 11.4 Å². The molecule has 0 atom stereocenters. The van der Waals surface area contributed by atoms with Gasteiger partial charge >= 0.3 is 10.2 Å². The first-order valence-electron chi connectivity index (χ1n) is 11.7. The van der Waals surface area contributed by atoms with E-state index in [4.69, 9.17) is 0 Å². The number of aryl methyl sites for hydroxylation is 3. The summed E-state index contributed by atoms with van der Waals surface area (Å²) in [6.45, 7) is 1.57. The first-order valence-corrected chi connectivity index (χ1v) is 13.1. The number of aromatic nitrogens is 2. The maximum Gasteiger partial charge on any atom is 0.345 e. The molecule has 0 unspecified atom stereocenters. The van der Waals surface area contributed by atoms with E-state index in [0.29, 0.717) is 18.5 Å². The van der Waals surface area contributed by atoms with E-state index in [9.17, 15) is 13.5 Å². The van der Waals surface area contributed by atoms with Crippen molar-refractivity contribution in [2.24, 2.45) is 11.4 Å². The Hall–Kier alpha value is -2.59. The van der Waals surface area contributed by atoms with Crippen LogP contribution in [0.25, 0.3) is 0 Å². The molecule has 10 heteroatoms. The van der Waals surface area contributed by atoms with Crippen LogP contribution in [-0.2, 0) is 42.9 Å². The number of piperidine rings is 1. The van der Waals surface area contributed by atoms with Gasteiger partial charge in [0.15, 0.2) is 0 Å². The Morgan fingerprint density at radius 2 is 1.76 bits per heavy atom. The van der Waals surface area contributed by atoms with Gasteiger partial charge in [0.25, 0.3) is 0 Å². The van der Waals surface area contributed by atoms with E-state index < -0.39 is 16.2 Å². The molecule has 9 nitrogen and oxygen atoms in total. The first kappa shape index (κ1) is 22.2. The molecular weight excluding hydrogens is 440 g/mol. The lowest BCUT2D eigenvalue weighted by molar-refractivity contribution is -0.213. The molecule has 2 aromatic rings. The summed E-state index contributed by atoms with van der Waals surface area (Å²) in [7, 11) is -0.491. The summed E-state index contributed by atoms with van der Waals surface area (Å²) in [6, 6.07) is 1.18. The lowest BCUT2D eigenvalue weighted by Gasteiger charge is -2.36. The van der Waals surface area contributed by atoms with Crippen LogP contribution in [0.2, 0.25) is 0 Å². The third-order valence-electron chi connectivity index (χ3n) is 7.12. The summed E-state index contributed by atoms with van der Waals surface area (Å²) in [5.41, 5.74) is 6.08.